The minimum atomic E-state index is -0.350. The molecule has 6 heteroatoms. The zero-order valence-electron chi connectivity index (χ0n) is 12.0. The van der Waals surface area contributed by atoms with E-state index in [9.17, 15) is 4.79 Å². The summed E-state index contributed by atoms with van der Waals surface area (Å²) < 4.78 is 6.75. The van der Waals surface area contributed by atoms with Gasteiger partial charge in [0.25, 0.3) is 0 Å². The smallest absolute Gasteiger partial charge is 0.338 e. The fourth-order valence-electron chi connectivity index (χ4n) is 2.24. The van der Waals surface area contributed by atoms with Gasteiger partial charge in [-0.1, -0.05) is 18.2 Å². The Bertz CT molecular complexity index is 784. The van der Waals surface area contributed by atoms with E-state index in [0.717, 1.165) is 5.56 Å². The monoisotopic (exact) mass is 294 g/mol. The molecule has 110 valence electrons. The van der Waals surface area contributed by atoms with Gasteiger partial charge in [0.1, 0.15) is 5.69 Å². The third-order valence-electron chi connectivity index (χ3n) is 3.27. The topological polar surface area (TPSA) is 69.9 Å². The summed E-state index contributed by atoms with van der Waals surface area (Å²) in [5, 5.41) is 0. The Hall–Kier alpha value is -3.02. The third kappa shape index (κ3) is 2.71. The molecule has 0 aliphatic heterocycles. The molecule has 3 rings (SSSR count). The van der Waals surface area contributed by atoms with Crippen molar-refractivity contribution >= 4 is 5.97 Å². The van der Waals surface area contributed by atoms with Crippen LogP contribution in [0, 0.1) is 0 Å². The Morgan fingerprint density at radius 3 is 2.82 bits per heavy atom. The highest BCUT2D eigenvalue weighted by molar-refractivity contribution is 5.91. The summed E-state index contributed by atoms with van der Waals surface area (Å²) in [7, 11) is 1.38. The lowest BCUT2D eigenvalue weighted by Gasteiger charge is -2.10. The lowest BCUT2D eigenvalue weighted by molar-refractivity contribution is 0.0599. The van der Waals surface area contributed by atoms with Crippen LogP contribution in [0.4, 0.5) is 0 Å². The molecule has 0 aliphatic rings. The Morgan fingerprint density at radius 2 is 2.05 bits per heavy atom. The fourth-order valence-corrected chi connectivity index (χ4v) is 2.24. The van der Waals surface area contributed by atoms with Crippen LogP contribution in [0.1, 0.15) is 15.9 Å². The average molecular weight is 294 g/mol. The zero-order chi connectivity index (χ0) is 15.4. The molecule has 0 fully saturated rings. The lowest BCUT2D eigenvalue weighted by Crippen LogP contribution is -2.09. The number of carbonyl (C=O) groups excluding carboxylic acids is 1. The van der Waals surface area contributed by atoms with E-state index in [1.54, 1.807) is 30.9 Å². The second-order valence-electron chi connectivity index (χ2n) is 4.62. The van der Waals surface area contributed by atoms with Crippen LogP contribution in [-0.2, 0) is 11.3 Å². The maximum atomic E-state index is 11.8. The number of imidazole rings is 1. The summed E-state index contributed by atoms with van der Waals surface area (Å²) in [6, 6.07) is 7.35. The van der Waals surface area contributed by atoms with E-state index in [2.05, 4.69) is 15.0 Å². The van der Waals surface area contributed by atoms with Gasteiger partial charge >= 0.3 is 5.97 Å². The van der Waals surface area contributed by atoms with Crippen molar-refractivity contribution in [3.05, 3.63) is 66.4 Å². The Kier molecular flexibility index (Phi) is 3.91. The van der Waals surface area contributed by atoms with E-state index in [4.69, 9.17) is 4.74 Å². The van der Waals surface area contributed by atoms with Gasteiger partial charge in [-0.15, -0.1) is 0 Å². The number of ether oxygens (including phenoxy) is 1. The van der Waals surface area contributed by atoms with Gasteiger partial charge in [0.15, 0.2) is 5.82 Å². The summed E-state index contributed by atoms with van der Waals surface area (Å²) in [4.78, 5) is 24.5. The largest absolute Gasteiger partial charge is 0.465 e. The molecule has 2 aromatic heterocycles. The van der Waals surface area contributed by atoms with Crippen LogP contribution in [0.5, 0.6) is 0 Å². The van der Waals surface area contributed by atoms with Crippen LogP contribution in [0.2, 0.25) is 0 Å². The molecule has 1 aromatic carbocycles. The molecule has 0 atom stereocenters. The van der Waals surface area contributed by atoms with Crippen LogP contribution in [0.3, 0.4) is 0 Å². The molecule has 2 heterocycles. The second kappa shape index (κ2) is 6.17. The average Bonchev–Trinajstić information content (AvgIpc) is 3.03. The molecule has 0 saturated carbocycles. The number of methoxy groups -OCH3 is 1. The van der Waals surface area contributed by atoms with Gasteiger partial charge in [-0.25, -0.2) is 14.8 Å². The first-order valence-corrected chi connectivity index (χ1v) is 6.73. The van der Waals surface area contributed by atoms with E-state index < -0.39 is 0 Å². The highest BCUT2D eigenvalue weighted by Gasteiger charge is 2.13. The van der Waals surface area contributed by atoms with Crippen molar-refractivity contribution in [3.8, 4) is 11.5 Å². The molecule has 22 heavy (non-hydrogen) atoms. The van der Waals surface area contributed by atoms with Crippen molar-refractivity contribution in [2.45, 2.75) is 6.54 Å². The first kappa shape index (κ1) is 13.9. The summed E-state index contributed by atoms with van der Waals surface area (Å²) in [6.45, 7) is 0.497. The number of carbonyl (C=O) groups is 1. The standard InChI is InChI=1S/C16H14N4O2/c1-22-16(21)13-5-3-2-4-12(13)11-20-9-8-19-15(20)14-10-17-6-7-18-14/h2-10H,11H2,1H3. The van der Waals surface area contributed by atoms with Crippen molar-refractivity contribution in [1.29, 1.82) is 0 Å². The fraction of sp³-hybridized carbons (Fsp3) is 0.125. The number of esters is 1. The molecule has 6 nitrogen and oxygen atoms in total. The molecule has 0 unspecified atom stereocenters. The van der Waals surface area contributed by atoms with E-state index in [1.807, 2.05) is 29.0 Å². The van der Waals surface area contributed by atoms with E-state index in [1.165, 1.54) is 7.11 Å². The quantitative estimate of drug-likeness (QED) is 0.690. The van der Waals surface area contributed by atoms with Crippen LogP contribution in [0.15, 0.2) is 55.2 Å². The number of hydrogen-bond donors (Lipinski definition) is 0. The number of nitrogens with zero attached hydrogens (tertiary/aromatic N) is 4. The molecule has 0 amide bonds. The summed E-state index contributed by atoms with van der Waals surface area (Å²) in [6.07, 6.45) is 8.44. The molecular formula is C16H14N4O2. The van der Waals surface area contributed by atoms with Gasteiger partial charge in [-0.3, -0.25) is 4.98 Å². The molecule has 0 radical (unpaired) electrons. The number of aromatic nitrogens is 4. The maximum Gasteiger partial charge on any atom is 0.338 e. The van der Waals surface area contributed by atoms with E-state index >= 15 is 0 Å². The number of rotatable bonds is 4. The van der Waals surface area contributed by atoms with Crippen LogP contribution >= 0.6 is 0 Å². The minimum absolute atomic E-state index is 0.350. The van der Waals surface area contributed by atoms with Crippen molar-refractivity contribution in [3.63, 3.8) is 0 Å². The second-order valence-corrected chi connectivity index (χ2v) is 4.62. The number of hydrogen-bond acceptors (Lipinski definition) is 5. The van der Waals surface area contributed by atoms with Crippen molar-refractivity contribution in [2.75, 3.05) is 7.11 Å². The molecule has 0 spiro atoms. The highest BCUT2D eigenvalue weighted by Crippen LogP contribution is 2.17. The van der Waals surface area contributed by atoms with Crippen LogP contribution < -0.4 is 0 Å². The van der Waals surface area contributed by atoms with Gasteiger partial charge < -0.3 is 9.30 Å². The Labute approximate surface area is 127 Å². The lowest BCUT2D eigenvalue weighted by atomic mass is 10.1. The molecule has 0 N–H and O–H groups in total. The SMILES string of the molecule is COC(=O)c1ccccc1Cn1ccnc1-c1cnccn1. The number of benzene rings is 1. The Morgan fingerprint density at radius 1 is 1.18 bits per heavy atom. The van der Waals surface area contributed by atoms with Crippen molar-refractivity contribution < 1.29 is 9.53 Å². The third-order valence-corrected chi connectivity index (χ3v) is 3.27. The first-order chi connectivity index (χ1) is 10.8. The molecule has 0 aliphatic carbocycles. The first-order valence-electron chi connectivity index (χ1n) is 6.73. The zero-order valence-corrected chi connectivity index (χ0v) is 12.0. The van der Waals surface area contributed by atoms with Crippen molar-refractivity contribution in [2.24, 2.45) is 0 Å². The van der Waals surface area contributed by atoms with Crippen LogP contribution in [-0.4, -0.2) is 32.6 Å². The molecule has 0 saturated heterocycles. The van der Waals surface area contributed by atoms with Gasteiger partial charge in [0.05, 0.1) is 18.9 Å². The summed E-state index contributed by atoms with van der Waals surface area (Å²) in [5.74, 6) is 0.351. The molecule has 0 bridgehead atoms. The van der Waals surface area contributed by atoms with E-state index in [-0.39, 0.29) is 5.97 Å². The molecular weight excluding hydrogens is 280 g/mol. The minimum Gasteiger partial charge on any atom is -0.465 e. The van der Waals surface area contributed by atoms with Crippen LogP contribution in [0.25, 0.3) is 11.5 Å². The van der Waals surface area contributed by atoms with E-state index in [0.29, 0.717) is 23.6 Å². The summed E-state index contributed by atoms with van der Waals surface area (Å²) >= 11 is 0. The van der Waals surface area contributed by atoms with Crippen molar-refractivity contribution in [1.82, 2.24) is 19.5 Å². The predicted octanol–water partition coefficient (Wildman–Crippen LogP) is 2.17. The normalized spacial score (nSPS) is 10.4. The highest BCUT2D eigenvalue weighted by atomic mass is 16.5. The van der Waals surface area contributed by atoms with Gasteiger partial charge in [-0.2, -0.15) is 0 Å². The summed E-state index contributed by atoms with van der Waals surface area (Å²) in [5.41, 5.74) is 2.09. The van der Waals surface area contributed by atoms with Gasteiger partial charge in [-0.05, 0) is 11.6 Å². The van der Waals surface area contributed by atoms with Gasteiger partial charge in [0, 0.05) is 31.3 Å². The Balaban J connectivity index is 1.96. The maximum absolute atomic E-state index is 11.8. The molecule has 3 aromatic rings. The predicted molar refractivity (Wildman–Crippen MR) is 80.1 cm³/mol. The van der Waals surface area contributed by atoms with Gasteiger partial charge in [0.2, 0.25) is 0 Å².